The van der Waals surface area contributed by atoms with E-state index in [1.165, 1.54) is 4.90 Å². The zero-order valence-corrected chi connectivity index (χ0v) is 18.5. The maximum atomic E-state index is 13.3. The fraction of sp³-hybridized carbons (Fsp3) is 0.160. The Labute approximate surface area is 199 Å². The van der Waals surface area contributed by atoms with Crippen LogP contribution in [-0.4, -0.2) is 46.2 Å². The molecule has 0 aliphatic carbocycles. The van der Waals surface area contributed by atoms with E-state index in [-0.39, 0.29) is 18.5 Å². The molecule has 3 aromatic carbocycles. The third-order valence-electron chi connectivity index (χ3n) is 5.40. The monoisotopic (exact) mass is 485 g/mol. The number of carboxylic acids is 1. The molecule has 0 saturated heterocycles. The fourth-order valence-corrected chi connectivity index (χ4v) is 3.64. The van der Waals surface area contributed by atoms with Gasteiger partial charge in [0.15, 0.2) is 11.5 Å². The normalized spacial score (nSPS) is 17.5. The lowest BCUT2D eigenvalue weighted by atomic mass is 9.81. The molecule has 1 aliphatic heterocycles. The van der Waals surface area contributed by atoms with E-state index in [1.54, 1.807) is 7.05 Å². The number of aliphatic hydroxyl groups is 1. The van der Waals surface area contributed by atoms with Crippen molar-refractivity contribution in [3.63, 3.8) is 0 Å². The number of aliphatic imine (C=N–C) groups is 1. The van der Waals surface area contributed by atoms with E-state index in [4.69, 9.17) is 15.6 Å². The molecule has 1 heterocycles. The van der Waals surface area contributed by atoms with Crippen molar-refractivity contribution in [1.82, 2.24) is 4.90 Å². The molecule has 35 heavy (non-hydrogen) atoms. The fourth-order valence-electron chi connectivity index (χ4n) is 3.64. The number of carboxylic acid groups (broad SMARTS) is 1. The summed E-state index contributed by atoms with van der Waals surface area (Å²) in [5.74, 6) is -2.74. The van der Waals surface area contributed by atoms with Crippen LogP contribution in [0.1, 0.15) is 16.7 Å². The number of carbonyl (C=O) groups excluding carboxylic acids is 1. The summed E-state index contributed by atoms with van der Waals surface area (Å²) in [6.07, 6.45) is -5.08. The highest BCUT2D eigenvalue weighted by molar-refractivity contribution is 6.09. The van der Waals surface area contributed by atoms with E-state index in [2.05, 4.69) is 4.99 Å². The Balaban J connectivity index is 0.000000429. The molecular formula is C25H22F3N3O4. The Kier molecular flexibility index (Phi) is 7.25. The van der Waals surface area contributed by atoms with Crippen LogP contribution in [0.4, 0.5) is 13.2 Å². The highest BCUT2D eigenvalue weighted by atomic mass is 19.4. The first-order chi connectivity index (χ1) is 16.5. The molecule has 7 nitrogen and oxygen atoms in total. The van der Waals surface area contributed by atoms with E-state index in [1.807, 2.05) is 78.9 Å². The van der Waals surface area contributed by atoms with Gasteiger partial charge in [0.25, 0.3) is 5.91 Å². The van der Waals surface area contributed by atoms with Crippen molar-refractivity contribution in [2.45, 2.75) is 18.3 Å². The number of rotatable bonds is 4. The number of guanidine groups is 1. The lowest BCUT2D eigenvalue weighted by molar-refractivity contribution is -0.192. The first-order valence-corrected chi connectivity index (χ1v) is 10.3. The summed E-state index contributed by atoms with van der Waals surface area (Å²) in [7, 11) is 1.64. The topological polar surface area (TPSA) is 116 Å². The molecule has 0 fully saturated rings. The van der Waals surface area contributed by atoms with Gasteiger partial charge in [-0.25, -0.2) is 9.79 Å². The summed E-state index contributed by atoms with van der Waals surface area (Å²) in [5, 5.41) is 16.6. The summed E-state index contributed by atoms with van der Waals surface area (Å²) in [6.45, 7) is -0.0222. The molecule has 3 aromatic rings. The van der Waals surface area contributed by atoms with Gasteiger partial charge in [0.2, 0.25) is 0 Å². The van der Waals surface area contributed by atoms with Crippen LogP contribution in [0.5, 0.6) is 0 Å². The number of hydrogen-bond acceptors (Lipinski definition) is 5. The van der Waals surface area contributed by atoms with Crippen LogP contribution < -0.4 is 5.73 Å². The van der Waals surface area contributed by atoms with Crippen molar-refractivity contribution in [2.75, 3.05) is 7.05 Å². The van der Waals surface area contributed by atoms with Crippen molar-refractivity contribution >= 4 is 17.8 Å². The van der Waals surface area contributed by atoms with Crippen LogP contribution in [-0.2, 0) is 21.7 Å². The maximum Gasteiger partial charge on any atom is 0.490 e. The Hall–Kier alpha value is -4.18. The first-order valence-electron chi connectivity index (χ1n) is 10.3. The molecule has 10 heteroatoms. The van der Waals surface area contributed by atoms with E-state index in [0.717, 1.165) is 27.8 Å². The van der Waals surface area contributed by atoms with Gasteiger partial charge in [-0.15, -0.1) is 0 Å². The second-order valence-electron chi connectivity index (χ2n) is 7.65. The van der Waals surface area contributed by atoms with Crippen LogP contribution in [0.2, 0.25) is 0 Å². The lowest BCUT2D eigenvalue weighted by Crippen LogP contribution is -2.41. The molecule has 4 rings (SSSR count). The third-order valence-corrected chi connectivity index (χ3v) is 5.40. The number of aliphatic hydroxyl groups excluding tert-OH is 1. The number of alkyl halides is 3. The third kappa shape index (κ3) is 5.17. The molecule has 4 N–H and O–H groups in total. The van der Waals surface area contributed by atoms with Gasteiger partial charge >= 0.3 is 12.1 Å². The largest absolute Gasteiger partial charge is 0.490 e. The van der Waals surface area contributed by atoms with Gasteiger partial charge in [0, 0.05) is 7.05 Å². The minimum absolute atomic E-state index is 0.0222. The number of halogens is 3. The van der Waals surface area contributed by atoms with Gasteiger partial charge in [0.05, 0.1) is 6.61 Å². The zero-order chi connectivity index (χ0) is 25.8. The van der Waals surface area contributed by atoms with Gasteiger partial charge in [-0.2, -0.15) is 13.2 Å². The summed E-state index contributed by atoms with van der Waals surface area (Å²) in [5.41, 5.74) is 9.10. The van der Waals surface area contributed by atoms with Crippen LogP contribution in [0.25, 0.3) is 11.1 Å². The van der Waals surface area contributed by atoms with Gasteiger partial charge in [-0.1, -0.05) is 66.7 Å². The van der Waals surface area contributed by atoms with Crippen molar-refractivity contribution in [2.24, 2.45) is 10.7 Å². The van der Waals surface area contributed by atoms with Crippen molar-refractivity contribution in [1.29, 1.82) is 0 Å². The molecule has 0 saturated carbocycles. The summed E-state index contributed by atoms with van der Waals surface area (Å²) >= 11 is 0. The highest BCUT2D eigenvalue weighted by Crippen LogP contribution is 2.40. The van der Waals surface area contributed by atoms with Crippen LogP contribution in [0.15, 0.2) is 83.9 Å². The predicted molar refractivity (Wildman–Crippen MR) is 123 cm³/mol. The average molecular weight is 485 g/mol. The van der Waals surface area contributed by atoms with Crippen LogP contribution in [0.3, 0.4) is 0 Å². The average Bonchev–Trinajstić information content (AvgIpc) is 3.09. The molecule has 1 atom stereocenters. The zero-order valence-electron chi connectivity index (χ0n) is 18.5. The second-order valence-corrected chi connectivity index (χ2v) is 7.65. The Morgan fingerprint density at radius 1 is 0.971 bits per heavy atom. The molecule has 1 unspecified atom stereocenters. The minimum Gasteiger partial charge on any atom is -0.475 e. The Bertz CT molecular complexity index is 1260. The Morgan fingerprint density at radius 3 is 2.03 bits per heavy atom. The number of amides is 1. The molecule has 0 spiro atoms. The van der Waals surface area contributed by atoms with E-state index < -0.39 is 17.7 Å². The van der Waals surface area contributed by atoms with E-state index in [9.17, 15) is 23.1 Å². The number of nitrogens with two attached hydrogens (primary N) is 1. The maximum absolute atomic E-state index is 13.3. The van der Waals surface area contributed by atoms with E-state index >= 15 is 0 Å². The number of carbonyl (C=O) groups is 2. The molecule has 0 radical (unpaired) electrons. The number of aliphatic carboxylic acids is 1. The minimum atomic E-state index is -5.08. The van der Waals surface area contributed by atoms with Crippen molar-refractivity contribution in [3.8, 4) is 11.1 Å². The predicted octanol–water partition coefficient (Wildman–Crippen LogP) is 3.51. The Morgan fingerprint density at radius 2 is 1.51 bits per heavy atom. The van der Waals surface area contributed by atoms with E-state index in [0.29, 0.717) is 0 Å². The molecule has 0 bridgehead atoms. The number of likely N-dealkylation sites (N-methyl/N-ethyl adjacent to an activating group) is 1. The summed E-state index contributed by atoms with van der Waals surface area (Å²) < 4.78 is 31.7. The molecule has 1 amide bonds. The van der Waals surface area contributed by atoms with Crippen LogP contribution in [0, 0.1) is 0 Å². The molecule has 0 aromatic heterocycles. The number of nitrogens with zero attached hydrogens (tertiary/aromatic N) is 2. The highest BCUT2D eigenvalue weighted by Gasteiger charge is 2.49. The molecule has 182 valence electrons. The van der Waals surface area contributed by atoms with Gasteiger partial charge in [-0.05, 0) is 39.9 Å². The van der Waals surface area contributed by atoms with Crippen molar-refractivity contribution in [3.05, 3.63) is 95.6 Å². The molecular weight excluding hydrogens is 463 g/mol. The number of benzene rings is 3. The summed E-state index contributed by atoms with van der Waals surface area (Å²) in [4.78, 5) is 28.2. The lowest BCUT2D eigenvalue weighted by Gasteiger charge is -2.26. The first kappa shape index (κ1) is 25.4. The second kappa shape index (κ2) is 9.98. The van der Waals surface area contributed by atoms with Gasteiger partial charge < -0.3 is 15.9 Å². The number of hydrogen-bond donors (Lipinski definition) is 3. The standard InChI is InChI=1S/C23H21N3O2.C2HF3O2/c1-26-21(28)23(25-22(26)24,19-10-3-2-4-11-19)20-12-6-9-18(14-20)17-8-5-7-16(13-17)15-27;3-2(4,5)1(6)7/h2-14,27H,15H2,1H3,(H2,24,25);(H,6,7). The summed E-state index contributed by atoms with van der Waals surface area (Å²) in [6, 6.07) is 25.0. The van der Waals surface area contributed by atoms with Gasteiger partial charge in [-0.3, -0.25) is 9.69 Å². The van der Waals surface area contributed by atoms with Crippen LogP contribution >= 0.6 is 0 Å². The smallest absolute Gasteiger partial charge is 0.475 e. The SMILES string of the molecule is CN1C(=O)C(c2ccccc2)(c2cccc(-c3cccc(CO)c3)c2)N=C1N.O=C(O)C(F)(F)F. The van der Waals surface area contributed by atoms with Gasteiger partial charge in [0.1, 0.15) is 0 Å². The molecule has 1 aliphatic rings. The quantitative estimate of drug-likeness (QED) is 0.523. The van der Waals surface area contributed by atoms with Crippen molar-refractivity contribution < 1.29 is 33.0 Å².